The Kier molecular flexibility index (Phi) is 5.41. The number of hydrogen-bond acceptors (Lipinski definition) is 3. The van der Waals surface area contributed by atoms with Gasteiger partial charge in [0.2, 0.25) is 5.96 Å². The monoisotopic (exact) mass is 188 g/mol. The molecule has 13 heavy (non-hydrogen) atoms. The van der Waals surface area contributed by atoms with Gasteiger partial charge in [0.05, 0.1) is 12.1 Å². The zero-order valence-corrected chi connectivity index (χ0v) is 8.85. The van der Waals surface area contributed by atoms with Crippen molar-refractivity contribution in [3.8, 4) is 0 Å². The molecule has 0 rings (SSSR count). The third-order valence-electron chi connectivity index (χ3n) is 1.41. The number of guanidine groups is 1. The molecular formula is C8H20N4O. The van der Waals surface area contributed by atoms with E-state index in [9.17, 15) is 0 Å². The second-order valence-corrected chi connectivity index (χ2v) is 3.41. The highest BCUT2D eigenvalue weighted by Crippen LogP contribution is 2.01. The van der Waals surface area contributed by atoms with Crippen molar-refractivity contribution in [1.82, 2.24) is 10.7 Å². The van der Waals surface area contributed by atoms with Crippen molar-refractivity contribution in [2.45, 2.75) is 26.3 Å². The first kappa shape index (κ1) is 12.2. The Morgan fingerprint density at radius 3 is 2.54 bits per heavy atom. The summed E-state index contributed by atoms with van der Waals surface area (Å²) >= 11 is 0. The molecule has 0 unspecified atom stereocenters. The van der Waals surface area contributed by atoms with Gasteiger partial charge in [-0.3, -0.25) is 10.4 Å². The number of nitrogens with one attached hydrogen (secondary N) is 2. The molecule has 0 aromatic heterocycles. The quantitative estimate of drug-likeness (QED) is 0.248. The average Bonchev–Trinajstić information content (AvgIpc) is 2.03. The van der Waals surface area contributed by atoms with E-state index in [0.717, 1.165) is 0 Å². The Bertz CT molecular complexity index is 168. The van der Waals surface area contributed by atoms with Crippen molar-refractivity contribution < 1.29 is 4.74 Å². The normalized spacial score (nSPS) is 12.8. The number of methoxy groups -OCH3 is 1. The van der Waals surface area contributed by atoms with Gasteiger partial charge in [0.15, 0.2) is 0 Å². The molecule has 5 nitrogen and oxygen atoms in total. The van der Waals surface area contributed by atoms with E-state index in [1.54, 1.807) is 7.11 Å². The van der Waals surface area contributed by atoms with Crippen molar-refractivity contribution in [3.63, 3.8) is 0 Å². The molecule has 0 aromatic carbocycles. The molecule has 0 aliphatic carbocycles. The van der Waals surface area contributed by atoms with E-state index in [4.69, 9.17) is 10.6 Å². The molecule has 0 aliphatic heterocycles. The van der Waals surface area contributed by atoms with Crippen LogP contribution in [0.15, 0.2) is 4.99 Å². The molecule has 0 saturated heterocycles. The summed E-state index contributed by atoms with van der Waals surface area (Å²) in [5, 5.41) is 3.13. The van der Waals surface area contributed by atoms with Gasteiger partial charge < -0.3 is 10.1 Å². The predicted molar refractivity (Wildman–Crippen MR) is 54.4 cm³/mol. The second-order valence-electron chi connectivity index (χ2n) is 3.41. The SMILES string of the molecule is CCN=C(NN)NC(C)(C)COC. The summed E-state index contributed by atoms with van der Waals surface area (Å²) in [6, 6.07) is 0. The summed E-state index contributed by atoms with van der Waals surface area (Å²) in [6.45, 7) is 7.26. The molecule has 0 saturated carbocycles. The van der Waals surface area contributed by atoms with E-state index in [2.05, 4.69) is 15.7 Å². The second kappa shape index (κ2) is 5.77. The summed E-state index contributed by atoms with van der Waals surface area (Å²) in [5.74, 6) is 5.87. The summed E-state index contributed by atoms with van der Waals surface area (Å²) in [4.78, 5) is 4.12. The van der Waals surface area contributed by atoms with Gasteiger partial charge in [-0.1, -0.05) is 0 Å². The molecule has 78 valence electrons. The zero-order valence-electron chi connectivity index (χ0n) is 8.85. The highest BCUT2D eigenvalue weighted by molar-refractivity contribution is 5.79. The molecule has 0 spiro atoms. The van der Waals surface area contributed by atoms with Crippen LogP contribution in [-0.2, 0) is 4.74 Å². The zero-order chi connectivity index (χ0) is 10.3. The van der Waals surface area contributed by atoms with E-state index >= 15 is 0 Å². The standard InChI is InChI=1S/C8H20N4O/c1-5-10-7(12-9)11-8(2,3)6-13-4/h5-6,9H2,1-4H3,(H2,10,11,12). The first-order chi connectivity index (χ1) is 6.05. The van der Waals surface area contributed by atoms with Crippen LogP contribution in [0.5, 0.6) is 0 Å². The number of hydrogen-bond donors (Lipinski definition) is 3. The summed E-state index contributed by atoms with van der Waals surface area (Å²) < 4.78 is 5.04. The van der Waals surface area contributed by atoms with Gasteiger partial charge >= 0.3 is 0 Å². The predicted octanol–water partition coefficient (Wildman–Crippen LogP) is -0.160. The first-order valence-electron chi connectivity index (χ1n) is 4.34. The van der Waals surface area contributed by atoms with E-state index in [-0.39, 0.29) is 5.54 Å². The van der Waals surface area contributed by atoms with Crippen molar-refractivity contribution in [2.75, 3.05) is 20.3 Å². The van der Waals surface area contributed by atoms with Gasteiger partial charge in [0.1, 0.15) is 0 Å². The average molecular weight is 188 g/mol. The number of nitrogens with two attached hydrogens (primary N) is 1. The van der Waals surface area contributed by atoms with E-state index in [1.807, 2.05) is 20.8 Å². The lowest BCUT2D eigenvalue weighted by Crippen LogP contribution is -2.53. The molecule has 5 heteroatoms. The third kappa shape index (κ3) is 5.43. The lowest BCUT2D eigenvalue weighted by molar-refractivity contribution is 0.139. The van der Waals surface area contributed by atoms with Gasteiger partial charge in [0.25, 0.3) is 0 Å². The van der Waals surface area contributed by atoms with Crippen molar-refractivity contribution in [1.29, 1.82) is 0 Å². The summed E-state index contributed by atoms with van der Waals surface area (Å²) in [6.07, 6.45) is 0. The van der Waals surface area contributed by atoms with Crippen molar-refractivity contribution in [3.05, 3.63) is 0 Å². The van der Waals surface area contributed by atoms with Gasteiger partial charge in [-0.05, 0) is 20.8 Å². The fourth-order valence-corrected chi connectivity index (χ4v) is 0.997. The Labute approximate surface area is 79.7 Å². The molecule has 0 heterocycles. The number of nitrogens with zero attached hydrogens (tertiary/aromatic N) is 1. The smallest absolute Gasteiger partial charge is 0.206 e. The van der Waals surface area contributed by atoms with Crippen molar-refractivity contribution in [2.24, 2.45) is 10.8 Å². The fourth-order valence-electron chi connectivity index (χ4n) is 0.997. The molecular weight excluding hydrogens is 168 g/mol. The van der Waals surface area contributed by atoms with E-state index in [1.165, 1.54) is 0 Å². The molecule has 0 aromatic rings. The van der Waals surface area contributed by atoms with E-state index in [0.29, 0.717) is 19.1 Å². The minimum atomic E-state index is -0.172. The van der Waals surface area contributed by atoms with Crippen LogP contribution in [-0.4, -0.2) is 31.8 Å². The van der Waals surface area contributed by atoms with Crippen LogP contribution in [0, 0.1) is 0 Å². The summed E-state index contributed by atoms with van der Waals surface area (Å²) in [7, 11) is 1.66. The van der Waals surface area contributed by atoms with Gasteiger partial charge in [-0.25, -0.2) is 5.84 Å². The van der Waals surface area contributed by atoms with Crippen LogP contribution in [0.1, 0.15) is 20.8 Å². The van der Waals surface area contributed by atoms with Gasteiger partial charge in [-0.2, -0.15) is 0 Å². The lowest BCUT2D eigenvalue weighted by Gasteiger charge is -2.26. The topological polar surface area (TPSA) is 71.7 Å². The number of hydrazine groups is 1. The number of rotatable bonds is 4. The molecule has 0 bridgehead atoms. The highest BCUT2D eigenvalue weighted by atomic mass is 16.5. The maximum atomic E-state index is 5.28. The van der Waals surface area contributed by atoms with Crippen LogP contribution in [0.4, 0.5) is 0 Å². The largest absolute Gasteiger partial charge is 0.382 e. The Morgan fingerprint density at radius 2 is 2.15 bits per heavy atom. The van der Waals surface area contributed by atoms with Crippen LogP contribution >= 0.6 is 0 Å². The van der Waals surface area contributed by atoms with Crippen LogP contribution in [0.3, 0.4) is 0 Å². The molecule has 0 fully saturated rings. The van der Waals surface area contributed by atoms with Crippen molar-refractivity contribution >= 4 is 5.96 Å². The molecule has 0 amide bonds. The molecule has 0 radical (unpaired) electrons. The maximum Gasteiger partial charge on any atom is 0.206 e. The Balaban J connectivity index is 4.13. The van der Waals surface area contributed by atoms with Crippen LogP contribution in [0.25, 0.3) is 0 Å². The van der Waals surface area contributed by atoms with Gasteiger partial charge in [0, 0.05) is 13.7 Å². The number of ether oxygens (including phenoxy) is 1. The highest BCUT2D eigenvalue weighted by Gasteiger charge is 2.18. The van der Waals surface area contributed by atoms with E-state index < -0.39 is 0 Å². The summed E-state index contributed by atoms with van der Waals surface area (Å²) in [5.41, 5.74) is 2.33. The minimum absolute atomic E-state index is 0.172. The number of aliphatic imine (C=N–C) groups is 1. The first-order valence-corrected chi connectivity index (χ1v) is 4.34. The maximum absolute atomic E-state index is 5.28. The molecule has 0 aliphatic rings. The fraction of sp³-hybridized carbons (Fsp3) is 0.875. The minimum Gasteiger partial charge on any atom is -0.382 e. The lowest BCUT2D eigenvalue weighted by atomic mass is 10.1. The molecule has 0 atom stereocenters. The van der Waals surface area contributed by atoms with Crippen LogP contribution < -0.4 is 16.6 Å². The molecule has 4 N–H and O–H groups in total. The Morgan fingerprint density at radius 1 is 1.54 bits per heavy atom. The third-order valence-corrected chi connectivity index (χ3v) is 1.41. The van der Waals surface area contributed by atoms with Gasteiger partial charge in [-0.15, -0.1) is 0 Å². The van der Waals surface area contributed by atoms with Crippen LogP contribution in [0.2, 0.25) is 0 Å². The Hall–Kier alpha value is -0.810.